The van der Waals surface area contributed by atoms with Gasteiger partial charge in [-0.05, 0) is 18.4 Å². The summed E-state index contributed by atoms with van der Waals surface area (Å²) >= 11 is 0. The molecule has 0 heterocycles. The molecule has 0 N–H and O–H groups in total. The summed E-state index contributed by atoms with van der Waals surface area (Å²) in [6.45, 7) is 3.68. The zero-order valence-corrected chi connectivity index (χ0v) is 16.5. The molecule has 16 heteroatoms. The van der Waals surface area contributed by atoms with E-state index in [-0.39, 0.29) is 51.4 Å². The number of allylic oxidation sites excluding steroid dienone is 1. The van der Waals surface area contributed by atoms with Gasteiger partial charge in [0.2, 0.25) is 0 Å². The predicted octanol–water partition coefficient (Wildman–Crippen LogP) is 3.71. The van der Waals surface area contributed by atoms with Crippen LogP contribution in [0.1, 0.15) is 12.0 Å². The van der Waals surface area contributed by atoms with Gasteiger partial charge in [0.15, 0.2) is 0 Å². The fourth-order valence-corrected chi connectivity index (χ4v) is 0.913. The second-order valence-electron chi connectivity index (χ2n) is 3.80. The molecule has 0 aliphatic carbocycles. The third-order valence-electron chi connectivity index (χ3n) is 1.48. The Morgan fingerprint density at radius 2 is 0.923 bits per heavy atom. The minimum Gasteiger partial charge on any atom is -0.418 e. The summed E-state index contributed by atoms with van der Waals surface area (Å²) in [7, 11) is -18.0. The van der Waals surface area contributed by atoms with Crippen molar-refractivity contribution in [3.63, 3.8) is 0 Å². The second-order valence-corrected chi connectivity index (χ2v) is 3.80. The van der Waals surface area contributed by atoms with Crippen LogP contribution in [0.3, 0.4) is 0 Å². The van der Waals surface area contributed by atoms with Crippen LogP contribution in [-0.4, -0.2) is 21.8 Å². The number of hydrogen-bond acceptors (Lipinski definition) is 0. The number of aryl methyl sites for hydroxylation is 1. The Morgan fingerprint density at radius 3 is 1.15 bits per heavy atom. The molecule has 0 unspecified atom stereocenters. The van der Waals surface area contributed by atoms with E-state index in [2.05, 4.69) is 30.8 Å². The van der Waals surface area contributed by atoms with E-state index in [1.54, 1.807) is 0 Å². The summed E-state index contributed by atoms with van der Waals surface area (Å²) in [6.07, 6.45) is 4.14. The van der Waals surface area contributed by atoms with Gasteiger partial charge in [0.05, 0.1) is 0 Å². The molecule has 0 spiro atoms. The van der Waals surface area contributed by atoms with Gasteiger partial charge in [-0.1, -0.05) is 36.4 Å². The Kier molecular flexibility index (Phi) is 22.0. The Bertz CT molecular complexity index is 385. The van der Waals surface area contributed by atoms with Gasteiger partial charge in [-0.25, -0.2) is 0 Å². The maximum absolute atomic E-state index is 9.75. The quantitative estimate of drug-likeness (QED) is 0.389. The normalized spacial score (nSPS) is 10.5. The monoisotopic (exact) mass is 432 g/mol. The molecule has 0 nitrogen and oxygen atoms in total. The zero-order valence-electron chi connectivity index (χ0n) is 13.4. The van der Waals surface area contributed by atoms with E-state index >= 15 is 0 Å². The molecule has 1 aromatic carbocycles. The maximum atomic E-state index is 9.75. The van der Waals surface area contributed by atoms with Gasteiger partial charge in [0.25, 0.3) is 0 Å². The first-order valence-corrected chi connectivity index (χ1v) is 6.20. The van der Waals surface area contributed by atoms with Gasteiger partial charge in [-0.15, -0.1) is 6.58 Å². The standard InChI is InChI=1S/C10H12.3BF4.K/c1-2-3-7-10-8-5-4-6-9-10;3*2-1(3,4)5;/h2,4-6,8-9H,1,3,7H2;;;;/q;3*-1;+1. The van der Waals surface area contributed by atoms with Gasteiger partial charge in [-0.2, -0.15) is 0 Å². The number of halogens is 12. The molecule has 0 amide bonds. The first kappa shape index (κ1) is 33.5. The molecule has 0 bridgehead atoms. The van der Waals surface area contributed by atoms with Crippen molar-refractivity contribution in [1.29, 1.82) is 0 Å². The van der Waals surface area contributed by atoms with Gasteiger partial charge < -0.3 is 51.8 Å². The van der Waals surface area contributed by atoms with Crippen LogP contribution in [0.5, 0.6) is 0 Å². The summed E-state index contributed by atoms with van der Waals surface area (Å²) in [5.74, 6) is 0. The molecule has 0 aromatic heterocycles. The Balaban J connectivity index is -0.000000132. The van der Waals surface area contributed by atoms with Crippen molar-refractivity contribution in [1.82, 2.24) is 0 Å². The molecule has 148 valence electrons. The van der Waals surface area contributed by atoms with E-state index in [1.807, 2.05) is 12.1 Å². The Labute approximate surface area is 185 Å². The van der Waals surface area contributed by atoms with Crippen LogP contribution in [-0.2, 0) is 6.42 Å². The van der Waals surface area contributed by atoms with E-state index < -0.39 is 21.8 Å². The molecule has 26 heavy (non-hydrogen) atoms. The van der Waals surface area contributed by atoms with E-state index in [4.69, 9.17) is 0 Å². The smallest absolute Gasteiger partial charge is 0.418 e. The van der Waals surface area contributed by atoms with Crippen molar-refractivity contribution < 1.29 is 103 Å². The minimum atomic E-state index is -6.00. The van der Waals surface area contributed by atoms with Crippen molar-refractivity contribution in [3.8, 4) is 0 Å². The molecule has 0 saturated carbocycles. The fourth-order valence-electron chi connectivity index (χ4n) is 0.913. The van der Waals surface area contributed by atoms with Gasteiger partial charge in [-0.3, -0.25) is 0 Å². The molecule has 0 atom stereocenters. The largest absolute Gasteiger partial charge is 1.00 e. The Hall–Kier alpha value is -0.0488. The molecule has 0 fully saturated rings. The van der Waals surface area contributed by atoms with Crippen molar-refractivity contribution in [3.05, 3.63) is 48.6 Å². The van der Waals surface area contributed by atoms with E-state index in [1.165, 1.54) is 5.56 Å². The van der Waals surface area contributed by atoms with Crippen LogP contribution >= 0.6 is 0 Å². The average molecular weight is 432 g/mol. The van der Waals surface area contributed by atoms with Gasteiger partial charge in [0, 0.05) is 0 Å². The van der Waals surface area contributed by atoms with Crippen molar-refractivity contribution in [2.45, 2.75) is 12.8 Å². The molecule has 1 aromatic rings. The Morgan fingerprint density at radius 1 is 0.654 bits per heavy atom. The first-order valence-electron chi connectivity index (χ1n) is 6.20. The third-order valence-corrected chi connectivity index (χ3v) is 1.48. The maximum Gasteiger partial charge on any atom is 1.00 e. The van der Waals surface area contributed by atoms with Gasteiger partial charge in [0.1, 0.15) is 0 Å². The summed E-state index contributed by atoms with van der Waals surface area (Å²) < 4.78 is 117. The van der Waals surface area contributed by atoms with Crippen LogP contribution in [0.25, 0.3) is 0 Å². The molecule has 0 aliphatic rings. The van der Waals surface area contributed by atoms with Crippen LogP contribution in [0, 0.1) is 0 Å². The molecule has 0 radical (unpaired) electrons. The summed E-state index contributed by atoms with van der Waals surface area (Å²) in [6, 6.07) is 10.5. The summed E-state index contributed by atoms with van der Waals surface area (Å²) in [4.78, 5) is 0. The van der Waals surface area contributed by atoms with Crippen LogP contribution < -0.4 is 51.4 Å². The third kappa shape index (κ3) is 88.3. The SMILES string of the molecule is C=CCCc1ccccc1.F[B-](F)(F)F.F[B-](F)(F)F.F[B-](F)(F)F.[K+]. The van der Waals surface area contributed by atoms with Crippen LogP contribution in [0.2, 0.25) is 0 Å². The van der Waals surface area contributed by atoms with Gasteiger partial charge >= 0.3 is 73.1 Å². The molecular weight excluding hydrogens is 420 g/mol. The zero-order chi connectivity index (χ0) is 20.7. The number of rotatable bonds is 3. The average Bonchev–Trinajstić information content (AvgIpc) is 2.31. The molecule has 0 aliphatic heterocycles. The predicted molar refractivity (Wildman–Crippen MR) is 75.5 cm³/mol. The topological polar surface area (TPSA) is 0 Å². The van der Waals surface area contributed by atoms with Crippen LogP contribution in [0.4, 0.5) is 51.8 Å². The molecule has 1 rings (SSSR count). The molecular formula is C10H12B3F12K-2. The summed E-state index contributed by atoms with van der Waals surface area (Å²) in [5.41, 5.74) is 1.39. The summed E-state index contributed by atoms with van der Waals surface area (Å²) in [5, 5.41) is 0. The van der Waals surface area contributed by atoms with Crippen molar-refractivity contribution in [2.75, 3.05) is 0 Å². The van der Waals surface area contributed by atoms with E-state index in [0.717, 1.165) is 12.8 Å². The molecule has 0 saturated heterocycles. The van der Waals surface area contributed by atoms with Crippen molar-refractivity contribution in [2.24, 2.45) is 0 Å². The number of hydrogen-bond donors (Lipinski definition) is 0. The minimum absolute atomic E-state index is 0. The number of benzene rings is 1. The fraction of sp³-hybridized carbons (Fsp3) is 0.200. The first-order chi connectivity index (χ1) is 10.9. The van der Waals surface area contributed by atoms with E-state index in [9.17, 15) is 51.8 Å². The van der Waals surface area contributed by atoms with Crippen molar-refractivity contribution >= 4 is 21.8 Å². The van der Waals surface area contributed by atoms with E-state index in [0.29, 0.717) is 0 Å². The second kappa shape index (κ2) is 17.1. The van der Waals surface area contributed by atoms with Crippen LogP contribution in [0.15, 0.2) is 43.0 Å².